The molecule has 1 N–H and O–H groups in total. The third kappa shape index (κ3) is 2.61. The van der Waals surface area contributed by atoms with Crippen LogP contribution in [0.15, 0.2) is 62.4 Å². The highest BCUT2D eigenvalue weighted by atomic mass is 28.3. The molecule has 0 fully saturated rings. The Morgan fingerprint density at radius 1 is 1.11 bits per heavy atom. The topological polar surface area (TPSA) is 28.7 Å². The highest BCUT2D eigenvalue weighted by Crippen LogP contribution is 2.24. The molecule has 0 aromatic carbocycles. The van der Waals surface area contributed by atoms with E-state index >= 15 is 0 Å². The SMILES string of the molecule is C=CC[Si](CC=C)(CC=C)c1cc2cccnc2[nH]1. The Morgan fingerprint density at radius 3 is 2.26 bits per heavy atom. The van der Waals surface area contributed by atoms with Gasteiger partial charge in [-0.15, -0.1) is 19.7 Å². The molecule has 0 aliphatic rings. The van der Waals surface area contributed by atoms with Crippen molar-refractivity contribution in [3.63, 3.8) is 0 Å². The van der Waals surface area contributed by atoms with E-state index < -0.39 is 8.07 Å². The minimum atomic E-state index is -1.70. The smallest absolute Gasteiger partial charge is 0.137 e. The van der Waals surface area contributed by atoms with Gasteiger partial charge in [0.25, 0.3) is 0 Å². The lowest BCUT2D eigenvalue weighted by Crippen LogP contribution is -2.47. The second-order valence-corrected chi connectivity index (χ2v) is 9.21. The summed E-state index contributed by atoms with van der Waals surface area (Å²) in [5.41, 5.74) is 0.964. The first kappa shape index (κ1) is 13.6. The Hall–Kier alpha value is -1.87. The zero-order valence-electron chi connectivity index (χ0n) is 11.2. The number of nitrogens with zero attached hydrogens (tertiary/aromatic N) is 1. The third-order valence-corrected chi connectivity index (χ3v) is 8.19. The number of rotatable bonds is 7. The molecule has 0 bridgehead atoms. The maximum atomic E-state index is 4.38. The van der Waals surface area contributed by atoms with Gasteiger partial charge in [-0.2, -0.15) is 0 Å². The summed E-state index contributed by atoms with van der Waals surface area (Å²) < 4.78 is 0. The first-order chi connectivity index (χ1) is 9.25. The van der Waals surface area contributed by atoms with Crippen molar-refractivity contribution >= 4 is 24.4 Å². The largest absolute Gasteiger partial charge is 0.347 e. The predicted octanol–water partition coefficient (Wildman–Crippen LogP) is 3.78. The molecule has 0 amide bonds. The van der Waals surface area contributed by atoms with E-state index in [2.05, 4.69) is 41.8 Å². The summed E-state index contributed by atoms with van der Waals surface area (Å²) in [4.78, 5) is 7.88. The molecule has 98 valence electrons. The van der Waals surface area contributed by atoms with Crippen LogP contribution in [-0.4, -0.2) is 18.0 Å². The van der Waals surface area contributed by atoms with E-state index in [1.165, 1.54) is 10.7 Å². The molecule has 0 unspecified atom stereocenters. The van der Waals surface area contributed by atoms with E-state index in [0.29, 0.717) is 0 Å². The van der Waals surface area contributed by atoms with Gasteiger partial charge in [-0.05, 0) is 36.3 Å². The molecule has 0 aliphatic heterocycles. The Labute approximate surface area is 115 Å². The van der Waals surface area contributed by atoms with Gasteiger partial charge < -0.3 is 4.98 Å². The van der Waals surface area contributed by atoms with E-state index in [1.54, 1.807) is 0 Å². The summed E-state index contributed by atoms with van der Waals surface area (Å²) >= 11 is 0. The zero-order chi connectivity index (χ0) is 13.7. The van der Waals surface area contributed by atoms with E-state index in [9.17, 15) is 0 Å². The third-order valence-electron chi connectivity index (χ3n) is 3.57. The van der Waals surface area contributed by atoms with Gasteiger partial charge in [0.2, 0.25) is 0 Å². The summed E-state index contributed by atoms with van der Waals surface area (Å²) in [6.45, 7) is 11.8. The van der Waals surface area contributed by atoms with Gasteiger partial charge in [0, 0.05) is 16.9 Å². The van der Waals surface area contributed by atoms with Crippen LogP contribution < -0.4 is 5.32 Å². The van der Waals surface area contributed by atoms with Crippen LogP contribution in [0.4, 0.5) is 0 Å². The summed E-state index contributed by atoms with van der Waals surface area (Å²) in [5, 5.41) is 2.49. The normalized spacial score (nSPS) is 11.4. The van der Waals surface area contributed by atoms with Crippen LogP contribution in [0.1, 0.15) is 0 Å². The number of fused-ring (bicyclic) bond motifs is 1. The van der Waals surface area contributed by atoms with Crippen molar-refractivity contribution < 1.29 is 0 Å². The molecule has 0 saturated carbocycles. The molecule has 0 atom stereocenters. The molecule has 19 heavy (non-hydrogen) atoms. The lowest BCUT2D eigenvalue weighted by molar-refractivity contribution is 1.31. The zero-order valence-corrected chi connectivity index (χ0v) is 12.2. The summed E-state index contributed by atoms with van der Waals surface area (Å²) in [6, 6.07) is 9.38. The molecular formula is C16H20N2Si. The second kappa shape index (κ2) is 5.84. The van der Waals surface area contributed by atoms with Crippen molar-refractivity contribution in [3.05, 3.63) is 62.4 Å². The van der Waals surface area contributed by atoms with Gasteiger partial charge in [-0.25, -0.2) is 4.98 Å². The number of aromatic amines is 1. The molecule has 0 saturated heterocycles. The minimum absolute atomic E-state index is 0.964. The van der Waals surface area contributed by atoms with Crippen LogP contribution in [0, 0.1) is 0 Å². The van der Waals surface area contributed by atoms with Gasteiger partial charge >= 0.3 is 0 Å². The number of hydrogen-bond donors (Lipinski definition) is 1. The van der Waals surface area contributed by atoms with E-state index in [4.69, 9.17) is 0 Å². The molecule has 2 aromatic rings. The fraction of sp³-hybridized carbons (Fsp3) is 0.188. The Kier molecular flexibility index (Phi) is 4.17. The number of H-pyrrole nitrogens is 1. The van der Waals surface area contributed by atoms with E-state index in [0.717, 1.165) is 23.8 Å². The number of nitrogens with one attached hydrogen (secondary N) is 1. The van der Waals surface area contributed by atoms with Crippen LogP contribution in [0.2, 0.25) is 18.1 Å². The van der Waals surface area contributed by atoms with Gasteiger partial charge in [-0.3, -0.25) is 0 Å². The molecule has 2 aromatic heterocycles. The van der Waals surface area contributed by atoms with Crippen LogP contribution in [0.5, 0.6) is 0 Å². The van der Waals surface area contributed by atoms with E-state index in [1.807, 2.05) is 30.5 Å². The summed E-state index contributed by atoms with van der Waals surface area (Å²) in [7, 11) is -1.70. The van der Waals surface area contributed by atoms with Crippen molar-refractivity contribution in [1.82, 2.24) is 9.97 Å². The fourth-order valence-corrected chi connectivity index (χ4v) is 6.31. The van der Waals surface area contributed by atoms with Crippen molar-refractivity contribution in [3.8, 4) is 0 Å². The van der Waals surface area contributed by atoms with Crippen molar-refractivity contribution in [1.29, 1.82) is 0 Å². The lowest BCUT2D eigenvalue weighted by Gasteiger charge is -2.27. The Bertz CT molecular complexity index is 538. The highest BCUT2D eigenvalue weighted by Gasteiger charge is 2.33. The maximum Gasteiger partial charge on any atom is 0.137 e. The molecule has 2 nitrogen and oxygen atoms in total. The lowest BCUT2D eigenvalue weighted by atomic mass is 10.3. The van der Waals surface area contributed by atoms with Crippen LogP contribution in [0.25, 0.3) is 11.0 Å². The summed E-state index contributed by atoms with van der Waals surface area (Å²) in [5.74, 6) is 0. The van der Waals surface area contributed by atoms with Gasteiger partial charge in [0.15, 0.2) is 0 Å². The summed E-state index contributed by atoms with van der Waals surface area (Å²) in [6.07, 6.45) is 7.90. The first-order valence-corrected chi connectivity index (χ1v) is 9.15. The Balaban J connectivity index is 2.54. The monoisotopic (exact) mass is 268 g/mol. The quantitative estimate of drug-likeness (QED) is 0.601. The Morgan fingerprint density at radius 2 is 1.74 bits per heavy atom. The average molecular weight is 268 g/mol. The molecular weight excluding hydrogens is 248 g/mol. The van der Waals surface area contributed by atoms with Gasteiger partial charge in [0.05, 0.1) is 0 Å². The van der Waals surface area contributed by atoms with Crippen LogP contribution >= 0.6 is 0 Å². The average Bonchev–Trinajstić information content (AvgIpc) is 2.83. The molecule has 0 aliphatic carbocycles. The van der Waals surface area contributed by atoms with Gasteiger partial charge in [-0.1, -0.05) is 18.2 Å². The number of pyridine rings is 1. The predicted molar refractivity (Wildman–Crippen MR) is 86.5 cm³/mol. The molecule has 2 heterocycles. The molecule has 0 spiro atoms. The second-order valence-electron chi connectivity index (χ2n) is 4.88. The van der Waals surface area contributed by atoms with Crippen molar-refractivity contribution in [2.45, 2.75) is 18.1 Å². The number of allylic oxidation sites excluding steroid dienone is 3. The molecule has 0 radical (unpaired) electrons. The minimum Gasteiger partial charge on any atom is -0.347 e. The number of aromatic nitrogens is 2. The molecule has 2 rings (SSSR count). The number of hydrogen-bond acceptors (Lipinski definition) is 1. The van der Waals surface area contributed by atoms with Crippen LogP contribution in [-0.2, 0) is 0 Å². The molecule has 3 heteroatoms. The first-order valence-electron chi connectivity index (χ1n) is 6.52. The fourth-order valence-electron chi connectivity index (χ4n) is 2.65. The van der Waals surface area contributed by atoms with Crippen LogP contribution in [0.3, 0.4) is 0 Å². The van der Waals surface area contributed by atoms with Crippen molar-refractivity contribution in [2.24, 2.45) is 0 Å². The van der Waals surface area contributed by atoms with Crippen molar-refractivity contribution in [2.75, 3.05) is 0 Å². The van der Waals surface area contributed by atoms with Gasteiger partial charge in [0.1, 0.15) is 13.7 Å². The highest BCUT2D eigenvalue weighted by molar-refractivity contribution is 6.92. The van der Waals surface area contributed by atoms with E-state index in [-0.39, 0.29) is 0 Å². The maximum absolute atomic E-state index is 4.38. The standard InChI is InChI=1S/C16H20N2Si/c1-4-10-19(11-5-2,12-6-3)15-13-14-8-7-9-17-16(14)18-15/h4-9,13H,1-3,10-12H2,(H,17,18).